The van der Waals surface area contributed by atoms with Crippen LogP contribution in [-0.2, 0) is 4.79 Å². The third-order valence-electron chi connectivity index (χ3n) is 3.07. The minimum absolute atomic E-state index is 0. The molecule has 0 aliphatic carbocycles. The van der Waals surface area contributed by atoms with Crippen LogP contribution in [0, 0.1) is 21.4 Å². The fraction of sp³-hybridized carbons (Fsp3) is 0.727. The van der Waals surface area contributed by atoms with Crippen molar-refractivity contribution >= 4 is 36.0 Å². The van der Waals surface area contributed by atoms with Gasteiger partial charge in [-0.15, -0.1) is 24.2 Å². The Labute approximate surface area is 144 Å². The molecule has 0 saturated carbocycles. The smallest absolute Gasteiger partial charge is 0.266 e. The fourth-order valence-electron chi connectivity index (χ4n) is 1.93. The molecule has 0 spiro atoms. The zero-order valence-corrected chi connectivity index (χ0v) is 14.0. The molecule has 0 aromatic rings. The SMILES string of the molecule is Cl.N#C[C@@H]1CSCN1C(=O)[C@@H](N)CCCCNC(N)=N[N+](=O)[O-]. The van der Waals surface area contributed by atoms with Crippen LogP contribution in [0.25, 0.3) is 0 Å². The van der Waals surface area contributed by atoms with Crippen LogP contribution >= 0.6 is 24.2 Å². The standard InChI is InChI=1S/C11H19N7O3S.ClH/c12-5-8-6-22-7-17(8)10(19)9(13)3-1-2-4-15-11(14)16-18(20)21;/h8-9H,1-4,6-7,13H2,(H3,14,15,16);1H/t8-,9+;/m1./s1. The van der Waals surface area contributed by atoms with Crippen molar-refractivity contribution < 1.29 is 9.83 Å². The highest BCUT2D eigenvalue weighted by atomic mass is 35.5. The summed E-state index contributed by atoms with van der Waals surface area (Å²) in [6.07, 6.45) is 1.78. The van der Waals surface area contributed by atoms with E-state index in [1.165, 1.54) is 16.7 Å². The van der Waals surface area contributed by atoms with Gasteiger partial charge in [0.25, 0.3) is 5.96 Å². The van der Waals surface area contributed by atoms with Crippen molar-refractivity contribution in [1.29, 1.82) is 5.26 Å². The Morgan fingerprint density at radius 3 is 2.91 bits per heavy atom. The third-order valence-corrected chi connectivity index (χ3v) is 4.08. The predicted octanol–water partition coefficient (Wildman–Crippen LogP) is -0.573. The maximum Gasteiger partial charge on any atom is 0.266 e. The Kier molecular flexibility index (Phi) is 10.0. The Balaban J connectivity index is 0.00000484. The van der Waals surface area contributed by atoms with Gasteiger partial charge in [0.15, 0.2) is 5.03 Å². The number of carbonyl (C=O) groups is 1. The average molecular weight is 366 g/mol. The highest BCUT2D eigenvalue weighted by molar-refractivity contribution is 7.99. The number of hydrazone groups is 1. The number of guanidine groups is 1. The molecule has 23 heavy (non-hydrogen) atoms. The Bertz CT molecular complexity index is 485. The van der Waals surface area contributed by atoms with Crippen molar-refractivity contribution in [2.24, 2.45) is 16.6 Å². The van der Waals surface area contributed by atoms with Crippen LogP contribution in [0.15, 0.2) is 5.10 Å². The number of carbonyl (C=O) groups excluding carboxylic acids is 1. The van der Waals surface area contributed by atoms with Gasteiger partial charge in [-0.1, -0.05) is 0 Å². The summed E-state index contributed by atoms with van der Waals surface area (Å²) in [4.78, 5) is 23.7. The molecule has 10 nitrogen and oxygen atoms in total. The van der Waals surface area contributed by atoms with Crippen molar-refractivity contribution in [3.63, 3.8) is 0 Å². The predicted molar refractivity (Wildman–Crippen MR) is 89.3 cm³/mol. The highest BCUT2D eigenvalue weighted by Gasteiger charge is 2.31. The summed E-state index contributed by atoms with van der Waals surface area (Å²) in [7, 11) is 0. The van der Waals surface area contributed by atoms with Crippen molar-refractivity contribution in [2.75, 3.05) is 18.2 Å². The molecule has 1 heterocycles. The molecule has 0 aromatic carbocycles. The zero-order chi connectivity index (χ0) is 16.5. The van der Waals surface area contributed by atoms with Crippen LogP contribution in [-0.4, -0.2) is 52.1 Å². The number of amides is 1. The van der Waals surface area contributed by atoms with Gasteiger partial charge in [-0.2, -0.15) is 5.26 Å². The number of halogens is 1. The molecular weight excluding hydrogens is 346 g/mol. The summed E-state index contributed by atoms with van der Waals surface area (Å²) in [6, 6.07) is 1.05. The number of nitrogens with one attached hydrogen (secondary N) is 1. The Hall–Kier alpha value is -1.77. The third kappa shape index (κ3) is 7.36. The van der Waals surface area contributed by atoms with Gasteiger partial charge in [-0.3, -0.25) is 4.79 Å². The summed E-state index contributed by atoms with van der Waals surface area (Å²) >= 11 is 1.54. The fourth-order valence-corrected chi connectivity index (χ4v) is 3.02. The molecule has 12 heteroatoms. The Morgan fingerprint density at radius 2 is 2.30 bits per heavy atom. The topological polar surface area (TPSA) is 164 Å². The molecule has 1 fully saturated rings. The van der Waals surface area contributed by atoms with Crippen LogP contribution in [0.3, 0.4) is 0 Å². The molecule has 0 radical (unpaired) electrons. The summed E-state index contributed by atoms with van der Waals surface area (Å²) in [5, 5.41) is 23.6. The lowest BCUT2D eigenvalue weighted by atomic mass is 10.1. The number of hydrogen-bond acceptors (Lipinski definition) is 6. The number of rotatable bonds is 7. The largest absolute Gasteiger partial charge is 0.365 e. The van der Waals surface area contributed by atoms with E-state index in [1.807, 2.05) is 0 Å². The van der Waals surface area contributed by atoms with Crippen molar-refractivity contribution in [3.05, 3.63) is 10.1 Å². The quantitative estimate of drug-likeness (QED) is 0.177. The van der Waals surface area contributed by atoms with E-state index >= 15 is 0 Å². The molecule has 1 amide bonds. The van der Waals surface area contributed by atoms with Crippen LogP contribution < -0.4 is 16.8 Å². The van der Waals surface area contributed by atoms with E-state index in [-0.39, 0.29) is 24.3 Å². The lowest BCUT2D eigenvalue weighted by molar-refractivity contribution is -0.485. The van der Waals surface area contributed by atoms with E-state index in [0.717, 1.165) is 0 Å². The molecule has 2 atom stereocenters. The van der Waals surface area contributed by atoms with E-state index < -0.39 is 17.1 Å². The highest BCUT2D eigenvalue weighted by Crippen LogP contribution is 2.21. The molecule has 1 saturated heterocycles. The lowest BCUT2D eigenvalue weighted by Gasteiger charge is -2.22. The summed E-state index contributed by atoms with van der Waals surface area (Å²) in [5.41, 5.74) is 11.1. The van der Waals surface area contributed by atoms with Crippen LogP contribution in [0.2, 0.25) is 0 Å². The molecule has 0 unspecified atom stereocenters. The number of nitro groups is 1. The van der Waals surface area contributed by atoms with E-state index in [4.69, 9.17) is 16.7 Å². The molecule has 1 rings (SSSR count). The van der Waals surface area contributed by atoms with E-state index in [2.05, 4.69) is 16.5 Å². The monoisotopic (exact) mass is 365 g/mol. The molecule has 0 aromatic heterocycles. The van der Waals surface area contributed by atoms with E-state index in [1.54, 1.807) is 0 Å². The Morgan fingerprint density at radius 1 is 1.61 bits per heavy atom. The minimum atomic E-state index is -0.878. The first-order valence-electron chi connectivity index (χ1n) is 6.71. The number of nitrogens with zero attached hydrogens (tertiary/aromatic N) is 4. The first-order valence-corrected chi connectivity index (χ1v) is 7.87. The minimum Gasteiger partial charge on any atom is -0.365 e. The molecule has 1 aliphatic rings. The van der Waals surface area contributed by atoms with Crippen molar-refractivity contribution in [1.82, 2.24) is 10.2 Å². The molecule has 130 valence electrons. The zero-order valence-electron chi connectivity index (χ0n) is 12.4. The van der Waals surface area contributed by atoms with Gasteiger partial charge in [-0.05, 0) is 19.3 Å². The summed E-state index contributed by atoms with van der Waals surface area (Å²) in [5.74, 6) is 0.656. The summed E-state index contributed by atoms with van der Waals surface area (Å²) in [6.45, 7) is 0.407. The number of thioether (sulfide) groups is 1. The average Bonchev–Trinajstić information content (AvgIpc) is 2.93. The number of unbranched alkanes of at least 4 members (excludes halogenated alkanes) is 1. The van der Waals surface area contributed by atoms with Gasteiger partial charge in [0.05, 0.1) is 18.0 Å². The maximum atomic E-state index is 12.1. The normalized spacial score (nSPS) is 18.7. The van der Waals surface area contributed by atoms with E-state index in [0.29, 0.717) is 37.4 Å². The van der Waals surface area contributed by atoms with Gasteiger partial charge in [0.1, 0.15) is 11.1 Å². The van der Waals surface area contributed by atoms with Crippen molar-refractivity contribution in [2.45, 2.75) is 31.3 Å². The second kappa shape index (κ2) is 10.9. The number of nitriles is 1. The second-order valence-electron chi connectivity index (χ2n) is 4.70. The first kappa shape index (κ1) is 21.2. The van der Waals surface area contributed by atoms with Gasteiger partial charge in [-0.25, -0.2) is 10.1 Å². The van der Waals surface area contributed by atoms with Gasteiger partial charge in [0.2, 0.25) is 5.91 Å². The summed E-state index contributed by atoms with van der Waals surface area (Å²) < 4.78 is 0. The number of hydrogen-bond donors (Lipinski definition) is 3. The first-order chi connectivity index (χ1) is 10.5. The van der Waals surface area contributed by atoms with Crippen molar-refractivity contribution in [3.8, 4) is 6.07 Å². The molecule has 1 aliphatic heterocycles. The van der Waals surface area contributed by atoms with Crippen LogP contribution in [0.1, 0.15) is 19.3 Å². The molecule has 5 N–H and O–H groups in total. The number of nitrogens with two attached hydrogens (primary N) is 2. The van der Waals surface area contributed by atoms with E-state index in [9.17, 15) is 14.9 Å². The van der Waals surface area contributed by atoms with Crippen LogP contribution in [0.4, 0.5) is 0 Å². The molecular formula is C11H20ClN7O3S. The van der Waals surface area contributed by atoms with Crippen LogP contribution in [0.5, 0.6) is 0 Å². The lowest BCUT2D eigenvalue weighted by Crippen LogP contribution is -2.46. The molecule has 0 bridgehead atoms. The van der Waals surface area contributed by atoms with Gasteiger partial charge < -0.3 is 21.7 Å². The van der Waals surface area contributed by atoms with Gasteiger partial charge >= 0.3 is 0 Å². The maximum absolute atomic E-state index is 12.1. The second-order valence-corrected chi connectivity index (χ2v) is 5.70. The van der Waals surface area contributed by atoms with Gasteiger partial charge in [0, 0.05) is 12.3 Å².